The maximum Gasteiger partial charge on any atom is 0.373 e. The molecule has 1 amide bonds. The number of methoxy groups -OCH3 is 1. The van der Waals surface area contributed by atoms with Crippen molar-refractivity contribution < 1.29 is 32.7 Å². The van der Waals surface area contributed by atoms with Crippen LogP contribution in [-0.2, 0) is 20.9 Å². The van der Waals surface area contributed by atoms with Crippen LogP contribution in [0, 0.1) is 0 Å². The number of carbonyl (C=O) groups excluding carboxylic acids is 3. The molecule has 0 spiro atoms. The minimum Gasteiger partial charge on any atom is -0.463 e. The number of carbonyl (C=O) groups is 3. The van der Waals surface area contributed by atoms with E-state index in [0.29, 0.717) is 0 Å². The highest BCUT2D eigenvalue weighted by Gasteiger charge is 2.20. The van der Waals surface area contributed by atoms with Gasteiger partial charge in [-0.15, -0.1) is 0 Å². The first-order valence-corrected chi connectivity index (χ1v) is 6.69. The van der Waals surface area contributed by atoms with Crippen molar-refractivity contribution in [3.63, 3.8) is 0 Å². The van der Waals surface area contributed by atoms with Crippen molar-refractivity contribution >= 4 is 17.8 Å². The molecule has 1 unspecified atom stereocenters. The van der Waals surface area contributed by atoms with Crippen molar-refractivity contribution in [1.29, 1.82) is 0 Å². The Hall–Kier alpha value is -3.03. The fourth-order valence-corrected chi connectivity index (χ4v) is 1.67. The van der Waals surface area contributed by atoms with Crippen molar-refractivity contribution in [1.82, 2.24) is 5.32 Å². The minimum atomic E-state index is -0.873. The molecule has 0 saturated carbocycles. The van der Waals surface area contributed by atoms with E-state index in [-0.39, 0.29) is 23.9 Å². The number of hydrogen-bond acceptors (Lipinski definition) is 7. The highest BCUT2D eigenvalue weighted by Crippen LogP contribution is 2.10. The summed E-state index contributed by atoms with van der Waals surface area (Å²) in [6.07, 6.45) is 1.35. The zero-order valence-electron chi connectivity index (χ0n) is 12.5. The molecular weight excluding hydrogens is 306 g/mol. The highest BCUT2D eigenvalue weighted by atomic mass is 16.6. The lowest BCUT2D eigenvalue weighted by atomic mass is 10.3. The third kappa shape index (κ3) is 4.22. The van der Waals surface area contributed by atoms with Crippen LogP contribution >= 0.6 is 0 Å². The smallest absolute Gasteiger partial charge is 0.373 e. The van der Waals surface area contributed by atoms with E-state index in [2.05, 4.69) is 10.1 Å². The molecule has 1 N–H and O–H groups in total. The van der Waals surface area contributed by atoms with E-state index in [1.54, 1.807) is 6.07 Å². The van der Waals surface area contributed by atoms with E-state index in [1.165, 1.54) is 38.5 Å². The normalized spacial score (nSPS) is 11.6. The van der Waals surface area contributed by atoms with Gasteiger partial charge in [-0.25, -0.2) is 9.59 Å². The number of furan rings is 2. The lowest BCUT2D eigenvalue weighted by Crippen LogP contribution is -2.39. The van der Waals surface area contributed by atoms with Crippen LogP contribution in [0.3, 0.4) is 0 Å². The SMILES string of the molecule is COC(=O)c1ccc(COC(=O)C(C)NC(=O)c2ccco2)o1. The Labute approximate surface area is 131 Å². The summed E-state index contributed by atoms with van der Waals surface area (Å²) < 4.78 is 19.6. The van der Waals surface area contributed by atoms with Gasteiger partial charge >= 0.3 is 11.9 Å². The topological polar surface area (TPSA) is 108 Å². The van der Waals surface area contributed by atoms with Crippen LogP contribution in [0.2, 0.25) is 0 Å². The molecule has 0 aliphatic rings. The number of ether oxygens (including phenoxy) is 2. The average Bonchev–Trinajstić information content (AvgIpc) is 3.22. The molecule has 23 heavy (non-hydrogen) atoms. The zero-order chi connectivity index (χ0) is 16.8. The molecule has 2 rings (SSSR count). The van der Waals surface area contributed by atoms with Gasteiger partial charge in [-0.05, 0) is 31.2 Å². The Morgan fingerprint density at radius 1 is 1.22 bits per heavy atom. The van der Waals surface area contributed by atoms with E-state index in [4.69, 9.17) is 13.6 Å². The standard InChI is InChI=1S/C15H15NO7/c1-9(16-13(17)11-4-3-7-21-11)14(18)22-8-10-5-6-12(23-10)15(19)20-2/h3-7,9H,8H2,1-2H3,(H,16,17). The molecule has 2 aromatic heterocycles. The lowest BCUT2D eigenvalue weighted by Gasteiger charge is -2.11. The van der Waals surface area contributed by atoms with Crippen molar-refractivity contribution in [2.75, 3.05) is 7.11 Å². The van der Waals surface area contributed by atoms with E-state index in [0.717, 1.165) is 0 Å². The molecular formula is C15H15NO7. The summed E-state index contributed by atoms with van der Waals surface area (Å²) in [6.45, 7) is 1.31. The van der Waals surface area contributed by atoms with Crippen molar-refractivity contribution in [3.05, 3.63) is 47.8 Å². The summed E-state index contributed by atoms with van der Waals surface area (Å²) in [7, 11) is 1.23. The Morgan fingerprint density at radius 2 is 2.00 bits per heavy atom. The fraction of sp³-hybridized carbons (Fsp3) is 0.267. The van der Waals surface area contributed by atoms with Gasteiger partial charge in [0.25, 0.3) is 5.91 Å². The first kappa shape index (κ1) is 16.3. The van der Waals surface area contributed by atoms with Crippen molar-refractivity contribution in [3.8, 4) is 0 Å². The number of esters is 2. The van der Waals surface area contributed by atoms with Gasteiger partial charge < -0.3 is 23.6 Å². The van der Waals surface area contributed by atoms with Gasteiger partial charge in [0.2, 0.25) is 5.76 Å². The van der Waals surface area contributed by atoms with Crippen LogP contribution in [0.15, 0.2) is 39.4 Å². The van der Waals surface area contributed by atoms with E-state index in [1.807, 2.05) is 0 Å². The van der Waals surface area contributed by atoms with Crippen LogP contribution in [-0.4, -0.2) is 31.0 Å². The monoisotopic (exact) mass is 321 g/mol. The number of nitrogens with one attached hydrogen (secondary N) is 1. The Bertz CT molecular complexity index is 687. The summed E-state index contributed by atoms with van der Waals surface area (Å²) in [5, 5.41) is 2.44. The third-order valence-corrected chi connectivity index (χ3v) is 2.85. The second-order valence-corrected chi connectivity index (χ2v) is 4.54. The van der Waals surface area contributed by atoms with Crippen molar-refractivity contribution in [2.45, 2.75) is 19.6 Å². The zero-order valence-corrected chi connectivity index (χ0v) is 12.5. The van der Waals surface area contributed by atoms with Gasteiger partial charge in [0.15, 0.2) is 5.76 Å². The largest absolute Gasteiger partial charge is 0.463 e. The van der Waals surface area contributed by atoms with Gasteiger partial charge in [-0.2, -0.15) is 0 Å². The quantitative estimate of drug-likeness (QED) is 0.803. The molecule has 0 aromatic carbocycles. The molecule has 1 atom stereocenters. The molecule has 122 valence electrons. The van der Waals surface area contributed by atoms with Crippen molar-refractivity contribution in [2.24, 2.45) is 0 Å². The van der Waals surface area contributed by atoms with Gasteiger partial charge in [0.05, 0.1) is 13.4 Å². The first-order chi connectivity index (χ1) is 11.0. The average molecular weight is 321 g/mol. The van der Waals surface area contributed by atoms with Crippen LogP contribution < -0.4 is 5.32 Å². The number of rotatable bonds is 6. The number of hydrogen-bond donors (Lipinski definition) is 1. The molecule has 2 heterocycles. The molecule has 0 saturated heterocycles. The summed E-state index contributed by atoms with van der Waals surface area (Å²) in [5.41, 5.74) is 0. The maximum atomic E-state index is 11.8. The molecule has 0 bridgehead atoms. The second kappa shape index (κ2) is 7.30. The fourth-order valence-electron chi connectivity index (χ4n) is 1.67. The second-order valence-electron chi connectivity index (χ2n) is 4.54. The summed E-state index contributed by atoms with van der Waals surface area (Å²) >= 11 is 0. The molecule has 2 aromatic rings. The predicted octanol–water partition coefficient (Wildman–Crippen LogP) is 1.52. The molecule has 8 nitrogen and oxygen atoms in total. The Morgan fingerprint density at radius 3 is 2.65 bits per heavy atom. The third-order valence-electron chi connectivity index (χ3n) is 2.85. The van der Waals surface area contributed by atoms with Crippen LogP contribution in [0.4, 0.5) is 0 Å². The first-order valence-electron chi connectivity index (χ1n) is 6.69. The minimum absolute atomic E-state index is 0.0118. The molecule has 0 aliphatic heterocycles. The Balaban J connectivity index is 1.83. The van der Waals surface area contributed by atoms with Gasteiger partial charge in [0.1, 0.15) is 18.4 Å². The van der Waals surface area contributed by atoms with E-state index < -0.39 is 23.9 Å². The summed E-state index contributed by atoms with van der Waals surface area (Å²) in [6, 6.07) is 5.07. The summed E-state index contributed by atoms with van der Waals surface area (Å²) in [4.78, 5) is 34.8. The molecule has 8 heteroatoms. The van der Waals surface area contributed by atoms with Crippen LogP contribution in [0.1, 0.15) is 33.8 Å². The van der Waals surface area contributed by atoms with Gasteiger partial charge in [-0.3, -0.25) is 4.79 Å². The lowest BCUT2D eigenvalue weighted by molar-refractivity contribution is -0.147. The molecule has 0 radical (unpaired) electrons. The predicted molar refractivity (Wildman–Crippen MR) is 75.5 cm³/mol. The van der Waals surface area contributed by atoms with Gasteiger partial charge in [0, 0.05) is 0 Å². The Kier molecular flexibility index (Phi) is 5.19. The number of amides is 1. The van der Waals surface area contributed by atoms with Crippen LogP contribution in [0.25, 0.3) is 0 Å². The van der Waals surface area contributed by atoms with E-state index >= 15 is 0 Å². The highest BCUT2D eigenvalue weighted by molar-refractivity contribution is 5.94. The molecule has 0 aliphatic carbocycles. The summed E-state index contributed by atoms with van der Waals surface area (Å²) in [5.74, 6) is -1.41. The van der Waals surface area contributed by atoms with Crippen LogP contribution in [0.5, 0.6) is 0 Å². The maximum absolute atomic E-state index is 11.8. The van der Waals surface area contributed by atoms with E-state index in [9.17, 15) is 14.4 Å². The molecule has 0 fully saturated rings. The van der Waals surface area contributed by atoms with Gasteiger partial charge in [-0.1, -0.05) is 0 Å².